The molecule has 2 aliphatic heterocycles. The summed E-state index contributed by atoms with van der Waals surface area (Å²) in [5.41, 5.74) is 2.24. The van der Waals surface area contributed by atoms with Crippen molar-refractivity contribution in [3.63, 3.8) is 0 Å². The monoisotopic (exact) mass is 446 g/mol. The minimum Gasteiger partial charge on any atom is -0.351 e. The summed E-state index contributed by atoms with van der Waals surface area (Å²) in [4.78, 5) is 51.8. The SMILES string of the molecule is Cc1cc(C(=O)NC2CCN(CC(=O)NN3C(=O)NC4(CCC(C)CC4)C3=O)CC2)on1. The highest BCUT2D eigenvalue weighted by Crippen LogP contribution is 2.35. The first-order chi connectivity index (χ1) is 15.3. The van der Waals surface area contributed by atoms with E-state index in [1.807, 2.05) is 4.90 Å². The van der Waals surface area contributed by atoms with Gasteiger partial charge in [-0.3, -0.25) is 24.7 Å². The Bertz CT molecular complexity index is 898. The number of urea groups is 1. The van der Waals surface area contributed by atoms with Gasteiger partial charge in [0.1, 0.15) is 5.54 Å². The number of nitrogens with one attached hydrogen (secondary N) is 3. The zero-order valence-electron chi connectivity index (χ0n) is 18.5. The third-order valence-corrected chi connectivity index (χ3v) is 6.67. The maximum absolute atomic E-state index is 12.9. The van der Waals surface area contributed by atoms with E-state index in [0.717, 1.165) is 17.9 Å². The number of aryl methyl sites for hydroxylation is 1. The molecule has 11 heteroatoms. The summed E-state index contributed by atoms with van der Waals surface area (Å²) in [5, 5.41) is 10.3. The van der Waals surface area contributed by atoms with Crippen LogP contribution in [0.3, 0.4) is 0 Å². The molecule has 1 aromatic heterocycles. The van der Waals surface area contributed by atoms with Gasteiger partial charge >= 0.3 is 6.03 Å². The number of carbonyl (C=O) groups excluding carboxylic acids is 4. The highest BCUT2D eigenvalue weighted by Gasteiger charge is 2.52. The van der Waals surface area contributed by atoms with Crippen LogP contribution >= 0.6 is 0 Å². The summed E-state index contributed by atoms with van der Waals surface area (Å²) in [6.07, 6.45) is 4.29. The Kier molecular flexibility index (Phi) is 6.18. The molecule has 3 fully saturated rings. The molecule has 4 rings (SSSR count). The molecular weight excluding hydrogens is 416 g/mol. The molecule has 1 spiro atoms. The van der Waals surface area contributed by atoms with Crippen LogP contribution in [0, 0.1) is 12.8 Å². The minimum absolute atomic E-state index is 0.0216. The van der Waals surface area contributed by atoms with Crippen LogP contribution in [0.1, 0.15) is 61.7 Å². The third-order valence-electron chi connectivity index (χ3n) is 6.67. The Morgan fingerprint density at radius 2 is 1.91 bits per heavy atom. The lowest BCUT2D eigenvalue weighted by molar-refractivity contribution is -0.140. The average molecular weight is 447 g/mol. The molecule has 174 valence electrons. The van der Waals surface area contributed by atoms with Crippen molar-refractivity contribution < 1.29 is 23.7 Å². The molecule has 0 radical (unpaired) electrons. The van der Waals surface area contributed by atoms with Crippen molar-refractivity contribution in [1.82, 2.24) is 31.1 Å². The van der Waals surface area contributed by atoms with Crippen molar-refractivity contribution in [3.05, 3.63) is 17.5 Å². The zero-order valence-corrected chi connectivity index (χ0v) is 18.5. The molecular formula is C21H30N6O5. The largest absolute Gasteiger partial charge is 0.351 e. The number of amides is 5. The second-order valence-corrected chi connectivity index (χ2v) is 9.23. The number of nitrogens with zero attached hydrogens (tertiary/aromatic N) is 3. The summed E-state index contributed by atoms with van der Waals surface area (Å²) < 4.78 is 4.98. The summed E-state index contributed by atoms with van der Waals surface area (Å²) in [6.45, 7) is 5.17. The van der Waals surface area contributed by atoms with E-state index in [2.05, 4.69) is 28.1 Å². The molecule has 11 nitrogen and oxygen atoms in total. The van der Waals surface area contributed by atoms with E-state index in [0.29, 0.717) is 50.4 Å². The van der Waals surface area contributed by atoms with E-state index < -0.39 is 17.5 Å². The molecule has 0 bridgehead atoms. The molecule has 0 unspecified atom stereocenters. The fourth-order valence-electron chi connectivity index (χ4n) is 4.64. The number of piperidine rings is 1. The van der Waals surface area contributed by atoms with Crippen molar-refractivity contribution in [2.75, 3.05) is 19.6 Å². The molecule has 0 atom stereocenters. The van der Waals surface area contributed by atoms with Gasteiger partial charge in [0.2, 0.25) is 5.76 Å². The van der Waals surface area contributed by atoms with Gasteiger partial charge < -0.3 is 15.2 Å². The molecule has 0 aromatic carbocycles. The van der Waals surface area contributed by atoms with Crippen molar-refractivity contribution in [2.45, 2.75) is 64.0 Å². The minimum atomic E-state index is -0.879. The second kappa shape index (κ2) is 8.89. The predicted molar refractivity (Wildman–Crippen MR) is 112 cm³/mol. The van der Waals surface area contributed by atoms with E-state index in [9.17, 15) is 19.2 Å². The Labute approximate surface area is 186 Å². The van der Waals surface area contributed by atoms with Gasteiger partial charge in [-0.2, -0.15) is 5.01 Å². The van der Waals surface area contributed by atoms with Crippen molar-refractivity contribution >= 4 is 23.8 Å². The van der Waals surface area contributed by atoms with Gasteiger partial charge in [0, 0.05) is 25.2 Å². The van der Waals surface area contributed by atoms with E-state index in [4.69, 9.17) is 4.52 Å². The van der Waals surface area contributed by atoms with Crippen LogP contribution in [0.5, 0.6) is 0 Å². The van der Waals surface area contributed by atoms with E-state index in [-0.39, 0.29) is 30.2 Å². The van der Waals surface area contributed by atoms with E-state index in [1.165, 1.54) is 0 Å². The Hall–Kier alpha value is -2.95. The molecule has 3 N–H and O–H groups in total. The summed E-state index contributed by atoms with van der Waals surface area (Å²) in [5.74, 6) is -0.364. The lowest BCUT2D eigenvalue weighted by Crippen LogP contribution is -2.53. The van der Waals surface area contributed by atoms with Gasteiger partial charge in [-0.05, 0) is 51.4 Å². The smallest absolute Gasteiger partial charge is 0.344 e. The Morgan fingerprint density at radius 1 is 1.22 bits per heavy atom. The molecule has 3 aliphatic rings. The lowest BCUT2D eigenvalue weighted by atomic mass is 9.77. The maximum atomic E-state index is 12.9. The van der Waals surface area contributed by atoms with Gasteiger partial charge in [-0.25, -0.2) is 4.79 Å². The number of rotatable bonds is 5. The first-order valence-electron chi connectivity index (χ1n) is 11.2. The Balaban J connectivity index is 1.23. The number of likely N-dealkylation sites (tertiary alicyclic amines) is 1. The summed E-state index contributed by atoms with van der Waals surface area (Å²) in [6, 6.07) is 0.997. The van der Waals surface area contributed by atoms with Crippen LogP contribution in [-0.2, 0) is 9.59 Å². The molecule has 2 saturated heterocycles. The normalized spacial score (nSPS) is 26.9. The van der Waals surface area contributed by atoms with Gasteiger partial charge in [-0.1, -0.05) is 12.1 Å². The first kappa shape index (κ1) is 22.3. The highest BCUT2D eigenvalue weighted by molar-refractivity contribution is 6.08. The van der Waals surface area contributed by atoms with Gasteiger partial charge in [0.25, 0.3) is 17.7 Å². The summed E-state index contributed by atoms with van der Waals surface area (Å²) >= 11 is 0. The molecule has 1 saturated carbocycles. The van der Waals surface area contributed by atoms with Crippen molar-refractivity contribution in [3.8, 4) is 0 Å². The van der Waals surface area contributed by atoms with Crippen molar-refractivity contribution in [1.29, 1.82) is 0 Å². The maximum Gasteiger partial charge on any atom is 0.344 e. The quantitative estimate of drug-likeness (QED) is 0.567. The van der Waals surface area contributed by atoms with Gasteiger partial charge in [-0.15, -0.1) is 0 Å². The number of aromatic nitrogens is 1. The van der Waals surface area contributed by atoms with Crippen LogP contribution in [0.2, 0.25) is 0 Å². The number of hydrogen-bond donors (Lipinski definition) is 3. The third kappa shape index (κ3) is 4.62. The highest BCUT2D eigenvalue weighted by atomic mass is 16.5. The molecule has 5 amide bonds. The van der Waals surface area contributed by atoms with Crippen LogP contribution in [0.15, 0.2) is 10.6 Å². The first-order valence-corrected chi connectivity index (χ1v) is 11.2. The van der Waals surface area contributed by atoms with Crippen LogP contribution in [-0.4, -0.2) is 70.0 Å². The van der Waals surface area contributed by atoms with Crippen LogP contribution in [0.4, 0.5) is 4.79 Å². The second-order valence-electron chi connectivity index (χ2n) is 9.23. The predicted octanol–water partition coefficient (Wildman–Crippen LogP) is 0.709. The number of hydrogen-bond acceptors (Lipinski definition) is 7. The fourth-order valence-corrected chi connectivity index (χ4v) is 4.64. The molecule has 1 aliphatic carbocycles. The van der Waals surface area contributed by atoms with E-state index >= 15 is 0 Å². The fraction of sp³-hybridized carbons (Fsp3) is 0.667. The summed E-state index contributed by atoms with van der Waals surface area (Å²) in [7, 11) is 0. The number of hydrazine groups is 1. The lowest BCUT2D eigenvalue weighted by Gasteiger charge is -2.33. The standard InChI is InChI=1S/C21H30N6O5/c1-13-3-7-21(8-4-13)19(30)27(20(31)23-21)24-17(28)12-26-9-5-15(6-10-26)22-18(29)16-11-14(2)25-32-16/h11,13,15H,3-10,12H2,1-2H3,(H,22,29)(H,23,31)(H,24,28). The topological polar surface area (TPSA) is 137 Å². The number of carbonyl (C=O) groups is 4. The average Bonchev–Trinajstić information content (AvgIpc) is 3.29. The Morgan fingerprint density at radius 3 is 2.53 bits per heavy atom. The van der Waals surface area contributed by atoms with Crippen LogP contribution in [0.25, 0.3) is 0 Å². The zero-order chi connectivity index (χ0) is 22.9. The van der Waals surface area contributed by atoms with E-state index in [1.54, 1.807) is 13.0 Å². The molecule has 3 heterocycles. The molecule has 32 heavy (non-hydrogen) atoms. The van der Waals surface area contributed by atoms with Gasteiger partial charge in [0.05, 0.1) is 12.2 Å². The van der Waals surface area contributed by atoms with Crippen molar-refractivity contribution in [2.24, 2.45) is 5.92 Å². The molecule has 1 aromatic rings. The number of imide groups is 1. The van der Waals surface area contributed by atoms with Crippen LogP contribution < -0.4 is 16.1 Å². The van der Waals surface area contributed by atoms with Gasteiger partial charge in [0.15, 0.2) is 0 Å².